The van der Waals surface area contributed by atoms with Crippen LogP contribution in [0.3, 0.4) is 0 Å². The maximum Gasteiger partial charge on any atom is 0.590 e. The number of phosphoric acid groups is 1. The monoisotopic (exact) mass is 869 g/mol. The van der Waals surface area contributed by atoms with E-state index in [2.05, 4.69) is 0 Å². The lowest BCUT2D eigenvalue weighted by molar-refractivity contribution is -0.359. The van der Waals surface area contributed by atoms with Gasteiger partial charge in [-0.3, -0.25) is 28.8 Å². The lowest BCUT2D eigenvalue weighted by Gasteiger charge is -2.48. The number of primary amides is 1. The van der Waals surface area contributed by atoms with Crippen LogP contribution in [0.5, 0.6) is 11.5 Å². The molecule has 328 valence electrons. The lowest BCUT2D eigenvalue weighted by atomic mass is 9.96. The summed E-state index contributed by atoms with van der Waals surface area (Å²) in [4.78, 5) is 86.4. The summed E-state index contributed by atoms with van der Waals surface area (Å²) >= 11 is 0. The molecule has 2 N–H and O–H groups in total. The number of nitrogens with two attached hydrogens (primary N) is 1. The highest BCUT2D eigenvalue weighted by Crippen LogP contribution is 2.52. The van der Waals surface area contributed by atoms with Gasteiger partial charge in [0.15, 0.2) is 42.9 Å². The van der Waals surface area contributed by atoms with Gasteiger partial charge in [-0.1, -0.05) is 36.4 Å². The molecule has 2 aliphatic heterocycles. The first-order valence-electron chi connectivity index (χ1n) is 18.0. The summed E-state index contributed by atoms with van der Waals surface area (Å²) in [6.45, 7) is 4.67. The lowest BCUT2D eigenvalue weighted by Crippen LogP contribution is -2.67. The Hall–Kier alpha value is -5.80. The number of benzene rings is 2. The van der Waals surface area contributed by atoms with E-state index in [4.69, 9.17) is 66.7 Å². The first-order valence-corrected chi connectivity index (χ1v) is 19.5. The minimum Gasteiger partial charge on any atom is -0.463 e. The number of para-hydroxylation sites is 2. The molecular formula is C37H44NO21P. The topological polar surface area (TPSA) is 283 Å². The second-order valence-corrected chi connectivity index (χ2v) is 14.3. The van der Waals surface area contributed by atoms with Gasteiger partial charge in [0.25, 0.3) is 0 Å². The van der Waals surface area contributed by atoms with Gasteiger partial charge < -0.3 is 62.1 Å². The highest BCUT2D eigenvalue weighted by Gasteiger charge is 2.59. The van der Waals surface area contributed by atoms with Crippen LogP contribution in [0.15, 0.2) is 60.7 Å². The molecule has 1 unspecified atom stereocenters. The Labute approximate surface area is 342 Å². The van der Waals surface area contributed by atoms with Crippen LogP contribution in [0.2, 0.25) is 0 Å². The molecule has 2 aliphatic rings. The normalized spacial score (nSPS) is 26.2. The van der Waals surface area contributed by atoms with Gasteiger partial charge in [0, 0.05) is 41.5 Å². The highest BCUT2D eigenvalue weighted by atomic mass is 31.2. The average Bonchev–Trinajstić information content (AvgIpc) is 3.14. The highest BCUT2D eigenvalue weighted by molar-refractivity contribution is 7.49. The predicted octanol–water partition coefficient (Wildman–Crippen LogP) is 2.42. The molecule has 0 aliphatic carbocycles. The number of esters is 6. The zero-order valence-corrected chi connectivity index (χ0v) is 34.0. The molecule has 22 nitrogen and oxygen atoms in total. The van der Waals surface area contributed by atoms with Crippen LogP contribution in [-0.2, 0) is 85.2 Å². The molecule has 4 rings (SSSR count). The number of carbonyl (C=O) groups excluding carboxylic acids is 7. The van der Waals surface area contributed by atoms with E-state index in [9.17, 15) is 38.1 Å². The third kappa shape index (κ3) is 13.9. The van der Waals surface area contributed by atoms with E-state index in [1.54, 1.807) is 36.4 Å². The molecule has 2 fully saturated rings. The fourth-order valence-corrected chi connectivity index (χ4v) is 7.21. The maximum absolute atomic E-state index is 14.8. The smallest absolute Gasteiger partial charge is 0.463 e. The van der Waals surface area contributed by atoms with Crippen molar-refractivity contribution in [3.8, 4) is 11.5 Å². The Morgan fingerprint density at radius 2 is 0.900 bits per heavy atom. The fraction of sp³-hybridized carbons (Fsp3) is 0.486. The largest absolute Gasteiger partial charge is 0.590 e. The molecule has 2 saturated heterocycles. The molecule has 23 heteroatoms. The van der Waals surface area contributed by atoms with E-state index >= 15 is 0 Å². The van der Waals surface area contributed by atoms with E-state index in [0.29, 0.717) is 0 Å². The van der Waals surface area contributed by atoms with Gasteiger partial charge in [0.2, 0.25) is 6.29 Å². The summed E-state index contributed by atoms with van der Waals surface area (Å²) in [5.41, 5.74) is 5.38. The third-order valence-corrected chi connectivity index (χ3v) is 9.32. The molecule has 60 heavy (non-hydrogen) atoms. The third-order valence-electron chi connectivity index (χ3n) is 7.99. The van der Waals surface area contributed by atoms with Crippen LogP contribution in [0.4, 0.5) is 4.79 Å². The van der Waals surface area contributed by atoms with Gasteiger partial charge in [-0.2, -0.15) is 0 Å². The first-order chi connectivity index (χ1) is 28.3. The molecule has 1 amide bonds. The molecule has 2 aromatic rings. The van der Waals surface area contributed by atoms with Crippen LogP contribution < -0.4 is 14.8 Å². The second kappa shape index (κ2) is 21.5. The number of rotatable bonds is 17. The van der Waals surface area contributed by atoms with Crippen molar-refractivity contribution in [1.29, 1.82) is 0 Å². The Morgan fingerprint density at radius 3 is 1.30 bits per heavy atom. The molecule has 0 aromatic heterocycles. The van der Waals surface area contributed by atoms with Crippen molar-refractivity contribution < 1.29 is 99.1 Å². The number of carbonyl (C=O) groups is 7. The quantitative estimate of drug-likeness (QED) is 0.136. The molecule has 10 atom stereocenters. The summed E-state index contributed by atoms with van der Waals surface area (Å²) in [5, 5.41) is 0. The number of ether oxygens (including phenoxy) is 10. The van der Waals surface area contributed by atoms with E-state index in [1.807, 2.05) is 0 Å². The van der Waals surface area contributed by atoms with Crippen LogP contribution in [0.1, 0.15) is 41.5 Å². The number of hydrogen-bond donors (Lipinski definition) is 1. The molecule has 0 bridgehead atoms. The summed E-state index contributed by atoms with van der Waals surface area (Å²) < 4.78 is 88.5. The van der Waals surface area contributed by atoms with Crippen LogP contribution in [0.25, 0.3) is 0 Å². The standard InChI is InChI=1S/C37H44NO21P/c1-19(39)47-17-27-30(50-22(4)42)32(56-37(38)45)33(52-24(6)44)35(53-27)55-34-31(51-23(5)43)29(49-21(3)41)28(18-48-20(2)40)54-36(34)59-60(46,57-25-13-9-7-10-14-25)58-26-15-11-8-12-16-26/h7-16,27-36H,17-18H2,1-6H3,(H2,38,45)/t27-,28+,29+,30-,31+,32+,33?,34+,35-,36-/m1/s1. The SMILES string of the molecule is CC(=O)OC[C@@H]1O[C@H](OP(=O)(Oc2ccccc2)Oc2ccccc2)[C@@H](O[C@H]2O[C@H](COC(C)=O)[C@@H](OC(C)=O)[C@H](OC(N)=O)C2OC(C)=O)[C@@H](OC(C)=O)[C@H]1OC(C)=O. The fourth-order valence-electron chi connectivity index (χ4n) is 5.91. The Balaban J connectivity index is 1.92. The summed E-state index contributed by atoms with van der Waals surface area (Å²) in [6, 6.07) is 15.2. The van der Waals surface area contributed by atoms with Gasteiger partial charge in [-0.15, -0.1) is 0 Å². The molecule has 2 heterocycles. The van der Waals surface area contributed by atoms with Crippen molar-refractivity contribution in [2.45, 2.75) is 103 Å². The Bertz CT molecular complexity index is 1830. The number of hydrogen-bond acceptors (Lipinski definition) is 21. The van der Waals surface area contributed by atoms with E-state index in [-0.39, 0.29) is 11.5 Å². The van der Waals surface area contributed by atoms with Gasteiger partial charge in [0.1, 0.15) is 36.9 Å². The first kappa shape index (κ1) is 46.9. The zero-order valence-electron chi connectivity index (χ0n) is 33.1. The van der Waals surface area contributed by atoms with Crippen molar-refractivity contribution in [2.75, 3.05) is 13.2 Å². The Morgan fingerprint density at radius 1 is 0.517 bits per heavy atom. The molecule has 0 saturated carbocycles. The van der Waals surface area contributed by atoms with Crippen molar-refractivity contribution in [1.82, 2.24) is 0 Å². The summed E-state index contributed by atoms with van der Waals surface area (Å²) in [5.74, 6) is -5.65. The van der Waals surface area contributed by atoms with Crippen molar-refractivity contribution in [3.63, 3.8) is 0 Å². The van der Waals surface area contributed by atoms with E-state index < -0.39 is 124 Å². The van der Waals surface area contributed by atoms with Crippen molar-refractivity contribution >= 4 is 49.7 Å². The van der Waals surface area contributed by atoms with Gasteiger partial charge >= 0.3 is 49.7 Å². The zero-order chi connectivity index (χ0) is 44.1. The summed E-state index contributed by atoms with van der Waals surface area (Å²) in [7, 11) is -5.01. The molecule has 0 spiro atoms. The van der Waals surface area contributed by atoms with Crippen molar-refractivity contribution in [2.24, 2.45) is 5.73 Å². The van der Waals surface area contributed by atoms with E-state index in [1.165, 1.54) is 24.3 Å². The minimum absolute atomic E-state index is 0.0300. The van der Waals surface area contributed by atoms with Gasteiger partial charge in [-0.05, 0) is 24.3 Å². The average molecular weight is 870 g/mol. The van der Waals surface area contributed by atoms with Crippen LogP contribution >= 0.6 is 7.82 Å². The maximum atomic E-state index is 14.8. The van der Waals surface area contributed by atoms with Crippen LogP contribution in [-0.4, -0.2) is 117 Å². The van der Waals surface area contributed by atoms with Gasteiger partial charge in [0.05, 0.1) is 0 Å². The van der Waals surface area contributed by atoms with E-state index in [0.717, 1.165) is 41.5 Å². The number of amides is 1. The van der Waals surface area contributed by atoms with Crippen LogP contribution in [0, 0.1) is 0 Å². The molecule has 0 radical (unpaired) electrons. The minimum atomic E-state index is -5.01. The predicted molar refractivity (Wildman–Crippen MR) is 195 cm³/mol. The molecule has 2 aromatic carbocycles. The summed E-state index contributed by atoms with van der Waals surface area (Å²) in [6.07, 6.45) is -19.8. The van der Waals surface area contributed by atoms with Crippen molar-refractivity contribution in [3.05, 3.63) is 60.7 Å². The van der Waals surface area contributed by atoms with Gasteiger partial charge in [-0.25, -0.2) is 13.9 Å². The Kier molecular flexibility index (Phi) is 16.8. The second-order valence-electron chi connectivity index (χ2n) is 12.9. The molecular weight excluding hydrogens is 825 g/mol. The number of phosphoric ester groups is 1.